The third-order valence-electron chi connectivity index (χ3n) is 0.471. The fourth-order valence-corrected chi connectivity index (χ4v) is 0. The van der Waals surface area contributed by atoms with Crippen molar-refractivity contribution in [2.75, 3.05) is 0 Å². The molecule has 0 bridgehead atoms. The second kappa shape index (κ2) is 9.33. The molecule has 0 aliphatic rings. The predicted octanol–water partition coefficient (Wildman–Crippen LogP) is 0.666. The molecule has 0 saturated heterocycles. The monoisotopic (exact) mass is 104 g/mol. The van der Waals surface area contributed by atoms with Crippen LogP contribution in [0.2, 0.25) is 0 Å². The van der Waals surface area contributed by atoms with Crippen LogP contribution in [0.3, 0.4) is 0 Å². The molecule has 0 atom stereocenters. The fourth-order valence-electron chi connectivity index (χ4n) is 0. The molecule has 0 unspecified atom stereocenters. The van der Waals surface area contributed by atoms with Crippen molar-refractivity contribution in [3.63, 3.8) is 0 Å². The Morgan fingerprint density at radius 3 is 1.43 bits per heavy atom. The lowest BCUT2D eigenvalue weighted by molar-refractivity contribution is 0.682. The summed E-state index contributed by atoms with van der Waals surface area (Å²) in [7, 11) is 0. The van der Waals surface area contributed by atoms with Gasteiger partial charge in [0.15, 0.2) is 0 Å². The zero-order chi connectivity index (χ0) is 6.28. The summed E-state index contributed by atoms with van der Waals surface area (Å²) in [5, 5.41) is 0. The number of hydrogen-bond donors (Lipinski definition) is 2. The third kappa shape index (κ3) is 24.7. The van der Waals surface area contributed by atoms with E-state index < -0.39 is 0 Å². The average Bonchev–Trinajstić information content (AvgIpc) is 1.73. The van der Waals surface area contributed by atoms with E-state index in [9.17, 15) is 0 Å². The van der Waals surface area contributed by atoms with Gasteiger partial charge in [0.1, 0.15) is 0 Å². The van der Waals surface area contributed by atoms with Crippen molar-refractivity contribution < 1.29 is 0 Å². The van der Waals surface area contributed by atoms with Gasteiger partial charge >= 0.3 is 0 Å². The Bertz CT molecular complexity index is 20.0. The van der Waals surface area contributed by atoms with Crippen molar-refractivity contribution in [3.8, 4) is 0 Å². The number of hydrogen-bond acceptors (Lipinski definition) is 2. The molecule has 7 heavy (non-hydrogen) atoms. The zero-order valence-electron chi connectivity index (χ0n) is 5.44. The molecule has 2 nitrogen and oxygen atoms in total. The van der Waals surface area contributed by atoms with Gasteiger partial charge in [-0.3, -0.25) is 0 Å². The molecule has 46 valence electrons. The smallest absolute Gasteiger partial charge is 0.0518 e. The topological polar surface area (TPSA) is 52.0 Å². The molecule has 0 spiro atoms. The molecular weight excluding hydrogens is 88.1 g/mol. The average molecular weight is 104 g/mol. The summed E-state index contributed by atoms with van der Waals surface area (Å²) in [4.78, 5) is 0. The van der Waals surface area contributed by atoms with Crippen LogP contribution in [0.25, 0.3) is 0 Å². The lowest BCUT2D eigenvalue weighted by Gasteiger charge is -1.92. The molecule has 0 aliphatic carbocycles. The second-order valence-corrected chi connectivity index (χ2v) is 1.07. The van der Waals surface area contributed by atoms with Gasteiger partial charge in [0.25, 0.3) is 0 Å². The van der Waals surface area contributed by atoms with Gasteiger partial charge in [-0.2, -0.15) is 0 Å². The van der Waals surface area contributed by atoms with E-state index in [-0.39, 0.29) is 6.17 Å². The Morgan fingerprint density at radius 2 is 1.43 bits per heavy atom. The summed E-state index contributed by atoms with van der Waals surface area (Å²) in [6, 6.07) is 0. The Balaban J connectivity index is 0. The standard InChI is InChI=1S/C3H10N2.C2H6/c1-2-3(4)5;1-2/h3H,2,4-5H2,1H3;1-2H3. The summed E-state index contributed by atoms with van der Waals surface area (Å²) in [6.45, 7) is 5.95. The van der Waals surface area contributed by atoms with E-state index >= 15 is 0 Å². The Labute approximate surface area is 45.9 Å². The summed E-state index contributed by atoms with van der Waals surface area (Å²) < 4.78 is 0. The molecule has 0 saturated carbocycles. The first-order valence-corrected chi connectivity index (χ1v) is 2.78. The first-order valence-electron chi connectivity index (χ1n) is 2.78. The molecule has 0 heterocycles. The van der Waals surface area contributed by atoms with Gasteiger partial charge in [0.2, 0.25) is 0 Å². The molecule has 2 heteroatoms. The minimum atomic E-state index is -0.116. The lowest BCUT2D eigenvalue weighted by atomic mass is 10.4. The SMILES string of the molecule is CC.CCC(N)N. The summed E-state index contributed by atoms with van der Waals surface area (Å²) in [5.74, 6) is 0. The van der Waals surface area contributed by atoms with Gasteiger partial charge in [-0.05, 0) is 6.42 Å². The first kappa shape index (κ1) is 10.0. The molecule has 0 fully saturated rings. The van der Waals surface area contributed by atoms with Gasteiger partial charge in [-0.15, -0.1) is 0 Å². The molecule has 0 aliphatic heterocycles. The van der Waals surface area contributed by atoms with Crippen LogP contribution >= 0.6 is 0 Å². The van der Waals surface area contributed by atoms with Crippen molar-refractivity contribution in [2.24, 2.45) is 11.5 Å². The minimum absolute atomic E-state index is 0.116. The van der Waals surface area contributed by atoms with Gasteiger partial charge in [0, 0.05) is 0 Å². The van der Waals surface area contributed by atoms with Crippen LogP contribution in [-0.2, 0) is 0 Å². The predicted molar refractivity (Wildman–Crippen MR) is 33.8 cm³/mol. The van der Waals surface area contributed by atoms with E-state index in [1.54, 1.807) is 0 Å². The highest BCUT2D eigenvalue weighted by Crippen LogP contribution is 1.68. The molecule has 0 rings (SSSR count). The molecule has 0 aromatic carbocycles. The second-order valence-electron chi connectivity index (χ2n) is 1.07. The van der Waals surface area contributed by atoms with Gasteiger partial charge in [0.05, 0.1) is 6.17 Å². The van der Waals surface area contributed by atoms with E-state index in [2.05, 4.69) is 0 Å². The normalized spacial score (nSPS) is 7.71. The summed E-state index contributed by atoms with van der Waals surface area (Å²) in [6.07, 6.45) is 0.745. The molecule has 0 aromatic rings. The largest absolute Gasteiger partial charge is 0.316 e. The van der Waals surface area contributed by atoms with Crippen LogP contribution in [-0.4, -0.2) is 6.17 Å². The van der Waals surface area contributed by atoms with E-state index in [4.69, 9.17) is 11.5 Å². The quantitative estimate of drug-likeness (QED) is 0.480. The van der Waals surface area contributed by atoms with Crippen LogP contribution < -0.4 is 11.5 Å². The fraction of sp³-hybridized carbons (Fsp3) is 1.00. The van der Waals surface area contributed by atoms with Crippen molar-refractivity contribution in [2.45, 2.75) is 33.4 Å². The molecule has 0 radical (unpaired) electrons. The third-order valence-corrected chi connectivity index (χ3v) is 0.471. The Kier molecular flexibility index (Phi) is 13.3. The van der Waals surface area contributed by atoms with Crippen molar-refractivity contribution >= 4 is 0 Å². The van der Waals surface area contributed by atoms with Crippen molar-refractivity contribution in [1.29, 1.82) is 0 Å². The maximum atomic E-state index is 5.07. The minimum Gasteiger partial charge on any atom is -0.316 e. The van der Waals surface area contributed by atoms with Crippen molar-refractivity contribution in [3.05, 3.63) is 0 Å². The van der Waals surface area contributed by atoms with E-state index in [1.807, 2.05) is 20.8 Å². The van der Waals surface area contributed by atoms with Crippen LogP contribution in [0.15, 0.2) is 0 Å². The van der Waals surface area contributed by atoms with Gasteiger partial charge < -0.3 is 11.5 Å². The highest BCUT2D eigenvalue weighted by atomic mass is 14.8. The Hall–Kier alpha value is -0.0800. The van der Waals surface area contributed by atoms with Gasteiger partial charge in [-0.1, -0.05) is 20.8 Å². The maximum absolute atomic E-state index is 5.07. The number of nitrogens with two attached hydrogens (primary N) is 2. The lowest BCUT2D eigenvalue weighted by Crippen LogP contribution is -2.28. The van der Waals surface area contributed by atoms with Crippen LogP contribution in [0.4, 0.5) is 0 Å². The van der Waals surface area contributed by atoms with Crippen LogP contribution in [0.5, 0.6) is 0 Å². The zero-order valence-corrected chi connectivity index (χ0v) is 5.44. The molecule has 0 aromatic heterocycles. The van der Waals surface area contributed by atoms with E-state index in [1.165, 1.54) is 0 Å². The van der Waals surface area contributed by atoms with E-state index in [0.717, 1.165) is 6.42 Å². The summed E-state index contributed by atoms with van der Waals surface area (Å²) >= 11 is 0. The highest BCUT2D eigenvalue weighted by Gasteiger charge is 1.79. The van der Waals surface area contributed by atoms with Crippen molar-refractivity contribution in [1.82, 2.24) is 0 Å². The van der Waals surface area contributed by atoms with E-state index in [0.29, 0.717) is 0 Å². The van der Waals surface area contributed by atoms with Crippen LogP contribution in [0.1, 0.15) is 27.2 Å². The van der Waals surface area contributed by atoms with Gasteiger partial charge in [-0.25, -0.2) is 0 Å². The molecular formula is C5H16N2. The maximum Gasteiger partial charge on any atom is 0.0518 e. The molecule has 0 amide bonds. The Morgan fingerprint density at radius 1 is 1.29 bits per heavy atom. The number of rotatable bonds is 1. The highest BCUT2D eigenvalue weighted by molar-refractivity contribution is 4.40. The van der Waals surface area contributed by atoms with Crippen LogP contribution in [0, 0.1) is 0 Å². The first-order chi connectivity index (χ1) is 3.27. The molecule has 4 N–H and O–H groups in total. The summed E-state index contributed by atoms with van der Waals surface area (Å²) in [5.41, 5.74) is 10.1.